The number of nitrogens with two attached hydrogens (primary N) is 1. The van der Waals surface area contributed by atoms with E-state index in [1.54, 1.807) is 17.6 Å². The highest BCUT2D eigenvalue weighted by Gasteiger charge is 2.07. The van der Waals surface area contributed by atoms with Gasteiger partial charge in [-0.2, -0.15) is 0 Å². The first kappa shape index (κ1) is 13.6. The Kier molecular flexibility index (Phi) is 4.57. The van der Waals surface area contributed by atoms with Crippen molar-refractivity contribution in [2.45, 2.75) is 20.4 Å². The molecule has 2 rings (SSSR count). The molecular weight excluding hydrogens is 260 g/mol. The van der Waals surface area contributed by atoms with Crippen LogP contribution in [0.15, 0.2) is 33.2 Å². The van der Waals surface area contributed by atoms with Crippen LogP contribution < -0.4 is 5.73 Å². The van der Waals surface area contributed by atoms with Gasteiger partial charge in [0.2, 0.25) is 0 Å². The molecule has 0 aliphatic rings. The number of hydrogen-bond acceptors (Lipinski definition) is 4. The van der Waals surface area contributed by atoms with Crippen LogP contribution in [0.3, 0.4) is 0 Å². The molecule has 0 bridgehead atoms. The number of aromatic nitrogens is 1. The molecule has 0 unspecified atom stereocenters. The highest BCUT2D eigenvalue weighted by Crippen LogP contribution is 2.24. The van der Waals surface area contributed by atoms with E-state index in [0.717, 1.165) is 29.6 Å². The highest BCUT2D eigenvalue weighted by atomic mass is 32.1. The van der Waals surface area contributed by atoms with Gasteiger partial charge in [-0.05, 0) is 26.0 Å². The Balaban J connectivity index is 2.02. The third-order valence-corrected chi connectivity index (χ3v) is 3.68. The van der Waals surface area contributed by atoms with Gasteiger partial charge in [-0.1, -0.05) is 0 Å². The van der Waals surface area contributed by atoms with E-state index in [1.807, 2.05) is 22.4 Å². The molecule has 2 aromatic rings. The number of furan rings is 1. The fourth-order valence-corrected chi connectivity index (χ4v) is 2.48. The van der Waals surface area contributed by atoms with Gasteiger partial charge in [0.25, 0.3) is 0 Å². The van der Waals surface area contributed by atoms with E-state index in [-0.39, 0.29) is 0 Å². The first-order valence-corrected chi connectivity index (χ1v) is 7.15. The fourth-order valence-electron chi connectivity index (χ4n) is 1.70. The Morgan fingerprint density at radius 3 is 2.89 bits per heavy atom. The smallest absolute Gasteiger partial charge is 0.191 e. The lowest BCUT2D eigenvalue weighted by molar-refractivity contribution is 0.458. The van der Waals surface area contributed by atoms with Crippen molar-refractivity contribution in [3.05, 3.63) is 29.5 Å². The minimum Gasteiger partial charge on any atom is -0.462 e. The average Bonchev–Trinajstić information content (AvgIpc) is 3.08. The van der Waals surface area contributed by atoms with E-state index in [9.17, 15) is 0 Å². The predicted molar refractivity (Wildman–Crippen MR) is 78.1 cm³/mol. The zero-order valence-electron chi connectivity index (χ0n) is 11.2. The van der Waals surface area contributed by atoms with Crippen molar-refractivity contribution in [2.75, 3.05) is 13.1 Å². The first-order valence-electron chi connectivity index (χ1n) is 6.27. The Morgan fingerprint density at radius 1 is 1.47 bits per heavy atom. The lowest BCUT2D eigenvalue weighted by Crippen LogP contribution is -2.37. The zero-order chi connectivity index (χ0) is 13.7. The molecule has 0 atom stereocenters. The summed E-state index contributed by atoms with van der Waals surface area (Å²) in [5.74, 6) is 1.36. The second-order valence-electron chi connectivity index (χ2n) is 3.97. The molecule has 0 spiro atoms. The summed E-state index contributed by atoms with van der Waals surface area (Å²) in [7, 11) is 0. The molecule has 5 nitrogen and oxygen atoms in total. The number of hydrogen-bond donors (Lipinski definition) is 1. The Bertz CT molecular complexity index is 529. The third kappa shape index (κ3) is 3.35. The minimum atomic E-state index is 0.500. The van der Waals surface area contributed by atoms with Crippen molar-refractivity contribution in [1.29, 1.82) is 0 Å². The standard InChI is InChI=1S/C13H18N4OS/c1-3-17(4-2)13(14)15-8-10-9-19-12(16-10)11-6-5-7-18-11/h5-7,9H,3-4,8H2,1-2H3,(H2,14,15). The van der Waals surface area contributed by atoms with Crippen molar-refractivity contribution < 1.29 is 4.42 Å². The van der Waals surface area contributed by atoms with Gasteiger partial charge < -0.3 is 15.1 Å². The largest absolute Gasteiger partial charge is 0.462 e. The van der Waals surface area contributed by atoms with Crippen LogP contribution >= 0.6 is 11.3 Å². The molecule has 0 amide bonds. The molecule has 19 heavy (non-hydrogen) atoms. The van der Waals surface area contributed by atoms with Gasteiger partial charge in [-0.15, -0.1) is 11.3 Å². The molecule has 6 heteroatoms. The number of guanidine groups is 1. The van der Waals surface area contributed by atoms with E-state index in [2.05, 4.69) is 23.8 Å². The Morgan fingerprint density at radius 2 is 2.26 bits per heavy atom. The van der Waals surface area contributed by atoms with Gasteiger partial charge in [0, 0.05) is 18.5 Å². The molecule has 102 valence electrons. The number of nitrogens with zero attached hydrogens (tertiary/aromatic N) is 3. The molecule has 2 N–H and O–H groups in total. The number of rotatable bonds is 5. The summed E-state index contributed by atoms with van der Waals surface area (Å²) in [6, 6.07) is 3.75. The number of aliphatic imine (C=N–C) groups is 1. The molecule has 0 saturated carbocycles. The average molecular weight is 278 g/mol. The fraction of sp³-hybridized carbons (Fsp3) is 0.385. The second-order valence-corrected chi connectivity index (χ2v) is 4.83. The van der Waals surface area contributed by atoms with Crippen LogP contribution in [0.4, 0.5) is 0 Å². The summed E-state index contributed by atoms with van der Waals surface area (Å²) >= 11 is 1.55. The summed E-state index contributed by atoms with van der Waals surface area (Å²) in [4.78, 5) is 10.9. The lowest BCUT2D eigenvalue weighted by Gasteiger charge is -2.19. The van der Waals surface area contributed by atoms with Gasteiger partial charge in [0.05, 0.1) is 18.5 Å². The first-order chi connectivity index (χ1) is 9.24. The van der Waals surface area contributed by atoms with Crippen LogP contribution in [-0.4, -0.2) is 28.9 Å². The van der Waals surface area contributed by atoms with Crippen molar-refractivity contribution >= 4 is 17.3 Å². The van der Waals surface area contributed by atoms with Crippen LogP contribution in [0.25, 0.3) is 10.8 Å². The van der Waals surface area contributed by atoms with Crippen LogP contribution in [0, 0.1) is 0 Å². The van der Waals surface area contributed by atoms with Gasteiger partial charge >= 0.3 is 0 Å². The Labute approximate surface area is 116 Å². The second kappa shape index (κ2) is 6.38. The monoisotopic (exact) mass is 278 g/mol. The van der Waals surface area contributed by atoms with Gasteiger partial charge in [-0.25, -0.2) is 9.98 Å². The molecule has 0 aromatic carbocycles. The molecular formula is C13H18N4OS. The van der Waals surface area contributed by atoms with Gasteiger partial charge in [-0.3, -0.25) is 0 Å². The summed E-state index contributed by atoms with van der Waals surface area (Å²) in [5, 5.41) is 2.85. The van der Waals surface area contributed by atoms with E-state index in [0.29, 0.717) is 12.5 Å². The van der Waals surface area contributed by atoms with Gasteiger partial charge in [0.1, 0.15) is 0 Å². The van der Waals surface area contributed by atoms with E-state index in [4.69, 9.17) is 10.2 Å². The van der Waals surface area contributed by atoms with Crippen molar-refractivity contribution in [3.8, 4) is 10.8 Å². The van der Waals surface area contributed by atoms with Crippen LogP contribution in [-0.2, 0) is 6.54 Å². The third-order valence-electron chi connectivity index (χ3n) is 2.77. The maximum Gasteiger partial charge on any atom is 0.191 e. The summed E-state index contributed by atoms with van der Waals surface area (Å²) in [5.41, 5.74) is 6.83. The molecule has 2 aromatic heterocycles. The summed E-state index contributed by atoms with van der Waals surface area (Å²) in [6.07, 6.45) is 1.65. The topological polar surface area (TPSA) is 67.7 Å². The summed E-state index contributed by atoms with van der Waals surface area (Å²) < 4.78 is 5.31. The van der Waals surface area contributed by atoms with Crippen molar-refractivity contribution in [1.82, 2.24) is 9.88 Å². The van der Waals surface area contributed by atoms with E-state index in [1.165, 1.54) is 0 Å². The summed E-state index contributed by atoms with van der Waals surface area (Å²) in [6.45, 7) is 6.34. The maximum atomic E-state index is 5.92. The quantitative estimate of drug-likeness (QED) is 0.674. The van der Waals surface area contributed by atoms with Crippen LogP contribution in [0.2, 0.25) is 0 Å². The van der Waals surface area contributed by atoms with Gasteiger partial charge in [0.15, 0.2) is 16.7 Å². The SMILES string of the molecule is CCN(CC)C(N)=NCc1csc(-c2ccco2)n1. The van der Waals surface area contributed by atoms with Crippen LogP contribution in [0.1, 0.15) is 19.5 Å². The molecule has 0 fully saturated rings. The van der Waals surface area contributed by atoms with E-state index < -0.39 is 0 Å². The number of thiazole rings is 1. The molecule has 0 radical (unpaired) electrons. The maximum absolute atomic E-state index is 5.92. The lowest BCUT2D eigenvalue weighted by atomic mass is 10.4. The van der Waals surface area contributed by atoms with Crippen LogP contribution in [0.5, 0.6) is 0 Å². The normalized spacial score (nSPS) is 11.8. The van der Waals surface area contributed by atoms with E-state index >= 15 is 0 Å². The minimum absolute atomic E-state index is 0.500. The van der Waals surface area contributed by atoms with Crippen molar-refractivity contribution in [2.24, 2.45) is 10.7 Å². The molecule has 0 aliphatic heterocycles. The Hall–Kier alpha value is -1.82. The highest BCUT2D eigenvalue weighted by molar-refractivity contribution is 7.13. The predicted octanol–water partition coefficient (Wildman–Crippen LogP) is 2.56. The molecule has 0 aliphatic carbocycles. The molecule has 0 saturated heterocycles. The molecule has 2 heterocycles. The zero-order valence-corrected chi connectivity index (χ0v) is 12.0. The van der Waals surface area contributed by atoms with Crippen molar-refractivity contribution in [3.63, 3.8) is 0 Å².